The Balaban J connectivity index is 3.96. The molecule has 0 bridgehead atoms. The van der Waals surface area contributed by atoms with E-state index in [1.54, 1.807) is 13.8 Å². The number of ether oxygens (including phenoxy) is 3. The van der Waals surface area contributed by atoms with Crippen molar-refractivity contribution in [3.05, 3.63) is 24.3 Å². The first-order valence-electron chi connectivity index (χ1n) is 20.7. The van der Waals surface area contributed by atoms with Gasteiger partial charge in [0.1, 0.15) is 13.2 Å². The van der Waals surface area contributed by atoms with Gasteiger partial charge in [0.05, 0.1) is 5.92 Å². The van der Waals surface area contributed by atoms with E-state index >= 15 is 0 Å². The largest absolute Gasteiger partial charge is 0.462 e. The molecule has 0 amide bonds. The van der Waals surface area contributed by atoms with E-state index in [9.17, 15) is 14.4 Å². The quantitative estimate of drug-likeness (QED) is 0.0282. The fourth-order valence-corrected chi connectivity index (χ4v) is 5.61. The van der Waals surface area contributed by atoms with Gasteiger partial charge >= 0.3 is 17.9 Å². The third-order valence-electron chi connectivity index (χ3n) is 8.90. The summed E-state index contributed by atoms with van der Waals surface area (Å²) < 4.78 is 16.3. The van der Waals surface area contributed by atoms with Crippen LogP contribution in [-0.4, -0.2) is 37.2 Å². The summed E-state index contributed by atoms with van der Waals surface area (Å²) in [4.78, 5) is 36.8. The van der Waals surface area contributed by atoms with E-state index < -0.39 is 12.1 Å². The molecule has 0 unspecified atom stereocenters. The van der Waals surface area contributed by atoms with Gasteiger partial charge in [0.25, 0.3) is 0 Å². The Bertz CT molecular complexity index is 761. The van der Waals surface area contributed by atoms with Crippen LogP contribution in [0.3, 0.4) is 0 Å². The summed E-state index contributed by atoms with van der Waals surface area (Å²) in [5.74, 6) is -1.32. The second kappa shape index (κ2) is 37.2. The first kappa shape index (κ1) is 46.9. The topological polar surface area (TPSA) is 78.9 Å². The maximum atomic E-state index is 12.3. The van der Waals surface area contributed by atoms with Crippen LogP contribution in [0.5, 0.6) is 0 Å². The summed E-state index contributed by atoms with van der Waals surface area (Å²) >= 11 is 0. The van der Waals surface area contributed by atoms with Crippen molar-refractivity contribution < 1.29 is 28.6 Å². The first-order chi connectivity index (χ1) is 23.9. The van der Waals surface area contributed by atoms with Gasteiger partial charge in [0.2, 0.25) is 0 Å². The van der Waals surface area contributed by atoms with Crippen molar-refractivity contribution in [1.29, 1.82) is 0 Å². The molecule has 286 valence electrons. The minimum absolute atomic E-state index is 0.0942. The van der Waals surface area contributed by atoms with Crippen LogP contribution in [0, 0.1) is 5.92 Å². The minimum atomic E-state index is -0.786. The van der Waals surface area contributed by atoms with Crippen molar-refractivity contribution in [2.24, 2.45) is 5.92 Å². The molecule has 0 aliphatic heterocycles. The second-order valence-electron chi connectivity index (χ2n) is 14.2. The van der Waals surface area contributed by atoms with Crippen LogP contribution >= 0.6 is 0 Å². The highest BCUT2D eigenvalue weighted by Crippen LogP contribution is 2.13. The molecule has 0 atom stereocenters. The molecule has 0 heterocycles. The van der Waals surface area contributed by atoms with E-state index in [1.807, 2.05) is 0 Å². The number of hydrogen-bond donors (Lipinski definition) is 0. The summed E-state index contributed by atoms with van der Waals surface area (Å²) in [6, 6.07) is 0. The van der Waals surface area contributed by atoms with E-state index in [1.165, 1.54) is 116 Å². The van der Waals surface area contributed by atoms with E-state index in [4.69, 9.17) is 14.2 Å². The predicted octanol–water partition coefficient (Wildman–Crippen LogP) is 12.7. The molecule has 0 fully saturated rings. The van der Waals surface area contributed by atoms with Gasteiger partial charge in [-0.05, 0) is 64.2 Å². The lowest BCUT2D eigenvalue weighted by molar-refractivity contribution is -0.169. The average Bonchev–Trinajstić information content (AvgIpc) is 3.09. The number of rotatable bonds is 36. The lowest BCUT2D eigenvalue weighted by atomic mass is 10.1. The Morgan fingerprint density at radius 1 is 0.449 bits per heavy atom. The first-order valence-corrected chi connectivity index (χ1v) is 20.7. The van der Waals surface area contributed by atoms with Crippen LogP contribution in [0.4, 0.5) is 0 Å². The van der Waals surface area contributed by atoms with Crippen LogP contribution in [-0.2, 0) is 28.6 Å². The van der Waals surface area contributed by atoms with Crippen LogP contribution in [0.15, 0.2) is 24.3 Å². The molecule has 0 aliphatic rings. The van der Waals surface area contributed by atoms with Gasteiger partial charge in [-0.15, -0.1) is 0 Å². The highest BCUT2D eigenvalue weighted by Gasteiger charge is 2.21. The maximum absolute atomic E-state index is 12.3. The fraction of sp³-hybridized carbons (Fsp3) is 0.837. The highest BCUT2D eigenvalue weighted by molar-refractivity contribution is 5.72. The molecule has 0 saturated heterocycles. The van der Waals surface area contributed by atoms with Gasteiger partial charge in [-0.2, -0.15) is 0 Å². The van der Waals surface area contributed by atoms with Crippen LogP contribution in [0.25, 0.3) is 0 Å². The normalized spacial score (nSPS) is 11.7. The zero-order chi connectivity index (χ0) is 36.0. The van der Waals surface area contributed by atoms with E-state index in [-0.39, 0.29) is 31.1 Å². The van der Waals surface area contributed by atoms with Crippen LogP contribution in [0.2, 0.25) is 0 Å². The van der Waals surface area contributed by atoms with E-state index in [2.05, 4.69) is 38.2 Å². The molecule has 0 spiro atoms. The molecule has 0 aromatic heterocycles. The fourth-order valence-electron chi connectivity index (χ4n) is 5.61. The summed E-state index contributed by atoms with van der Waals surface area (Å²) in [7, 11) is 0. The molecule has 6 heteroatoms. The van der Waals surface area contributed by atoms with E-state index in [0.717, 1.165) is 51.4 Å². The number of esters is 3. The molecule has 0 rings (SSSR count). The van der Waals surface area contributed by atoms with Gasteiger partial charge in [-0.3, -0.25) is 14.4 Å². The number of unbranched alkanes of at least 4 members (excludes halogenated alkanes) is 22. The Hall–Kier alpha value is -2.11. The van der Waals surface area contributed by atoms with Crippen molar-refractivity contribution in [1.82, 2.24) is 0 Å². The van der Waals surface area contributed by atoms with Crippen LogP contribution in [0.1, 0.15) is 207 Å². The lowest BCUT2D eigenvalue weighted by Gasteiger charge is -2.19. The standard InChI is InChI=1S/C43H78O6/c1-5-7-9-11-13-15-17-19-21-23-25-27-29-31-33-35-41(44)47-37-40(49-43(46)39(3)4)38-48-42(45)36-34-32-30-28-26-24-22-20-18-16-14-12-10-8-6-2/h19-22,39-40H,5-18,23-38H2,1-4H3/b21-19-,22-20-. The van der Waals surface area contributed by atoms with Gasteiger partial charge in [0, 0.05) is 12.8 Å². The number of allylic oxidation sites excluding steroid dienone is 4. The molecule has 0 aromatic carbocycles. The summed E-state index contributed by atoms with van der Waals surface area (Å²) in [5, 5.41) is 0. The van der Waals surface area contributed by atoms with Gasteiger partial charge in [-0.25, -0.2) is 0 Å². The lowest BCUT2D eigenvalue weighted by Crippen LogP contribution is -2.32. The number of carbonyl (C=O) groups is 3. The molecular formula is C43H78O6. The third-order valence-corrected chi connectivity index (χ3v) is 8.90. The Kier molecular flexibility index (Phi) is 35.6. The van der Waals surface area contributed by atoms with Crippen molar-refractivity contribution in [3.8, 4) is 0 Å². The molecule has 49 heavy (non-hydrogen) atoms. The molecule has 0 radical (unpaired) electrons. The SMILES string of the molecule is CCCCCCCC/C=C\CCCCCCCC(=O)OCC(COC(=O)CCCCCCC/C=C\CCCCCCCC)OC(=O)C(C)C. The zero-order valence-corrected chi connectivity index (χ0v) is 32.6. The van der Waals surface area contributed by atoms with Crippen molar-refractivity contribution in [2.45, 2.75) is 214 Å². The number of hydrogen-bond acceptors (Lipinski definition) is 6. The summed E-state index contributed by atoms with van der Waals surface area (Å²) in [6.45, 7) is 7.82. The summed E-state index contributed by atoms with van der Waals surface area (Å²) in [6.07, 6.45) is 40.6. The van der Waals surface area contributed by atoms with Crippen molar-refractivity contribution in [3.63, 3.8) is 0 Å². The second-order valence-corrected chi connectivity index (χ2v) is 14.2. The third kappa shape index (κ3) is 35.5. The van der Waals surface area contributed by atoms with Crippen molar-refractivity contribution >= 4 is 17.9 Å². The molecule has 6 nitrogen and oxygen atoms in total. The van der Waals surface area contributed by atoms with Crippen LogP contribution < -0.4 is 0 Å². The highest BCUT2D eigenvalue weighted by atomic mass is 16.6. The van der Waals surface area contributed by atoms with Gasteiger partial charge in [-0.1, -0.05) is 155 Å². The van der Waals surface area contributed by atoms with E-state index in [0.29, 0.717) is 12.8 Å². The average molecular weight is 691 g/mol. The van der Waals surface area contributed by atoms with Gasteiger partial charge in [0.15, 0.2) is 6.10 Å². The smallest absolute Gasteiger partial charge is 0.308 e. The molecule has 0 aromatic rings. The Morgan fingerprint density at radius 2 is 0.755 bits per heavy atom. The summed E-state index contributed by atoms with van der Waals surface area (Å²) in [5.41, 5.74) is 0. The van der Waals surface area contributed by atoms with Crippen molar-refractivity contribution in [2.75, 3.05) is 13.2 Å². The molecule has 0 N–H and O–H groups in total. The molecular weight excluding hydrogens is 612 g/mol. The minimum Gasteiger partial charge on any atom is -0.462 e. The Labute approximate surface area is 303 Å². The Morgan fingerprint density at radius 3 is 1.08 bits per heavy atom. The molecule has 0 saturated carbocycles. The van der Waals surface area contributed by atoms with Gasteiger partial charge < -0.3 is 14.2 Å². The predicted molar refractivity (Wildman–Crippen MR) is 206 cm³/mol. The monoisotopic (exact) mass is 691 g/mol. The molecule has 0 aliphatic carbocycles. The maximum Gasteiger partial charge on any atom is 0.308 e. The number of carbonyl (C=O) groups excluding carboxylic acids is 3. The zero-order valence-electron chi connectivity index (χ0n) is 32.6.